The summed E-state index contributed by atoms with van der Waals surface area (Å²) in [6.45, 7) is 9.72. The molecule has 0 fully saturated rings. The van der Waals surface area contributed by atoms with Gasteiger partial charge in [0.1, 0.15) is 19.2 Å². The van der Waals surface area contributed by atoms with Gasteiger partial charge in [-0.05, 0) is 98.5 Å². The standard InChI is InChI=1S/C41H54N2O15S2/c1-5-53-55-57-58-56-54-28-26-43-35-22-20-31(59(47,48)49)29-33(35)40(2,3)37(43)17-16-18-38-41(4,24-13-9-7-6-8-10-15-27-44)34-30-32(60(50,51)52)21-23-36(34)42(38)25-14-11-12-19-39(45)46/h5,16-18,20-23,27,29-30H,1,6-15,19,24-26,28H2,2-4H3,(H2-,45,46,47,48,49,50,51,52)/p+1. The van der Waals surface area contributed by atoms with Crippen LogP contribution in [0.15, 0.2) is 83.0 Å². The summed E-state index contributed by atoms with van der Waals surface area (Å²) in [4.78, 5) is 32.9. The number of anilines is 1. The van der Waals surface area contributed by atoms with Crippen molar-refractivity contribution in [3.63, 3.8) is 0 Å². The monoisotopic (exact) mass is 879 g/mol. The van der Waals surface area contributed by atoms with Gasteiger partial charge in [0, 0.05) is 64.0 Å². The van der Waals surface area contributed by atoms with Gasteiger partial charge in [-0.3, -0.25) is 13.9 Å². The van der Waals surface area contributed by atoms with Gasteiger partial charge in [-0.1, -0.05) is 51.2 Å². The lowest BCUT2D eigenvalue weighted by molar-refractivity contribution is -0.752. The third-order valence-corrected chi connectivity index (χ3v) is 12.5. The van der Waals surface area contributed by atoms with E-state index in [4.69, 9.17) is 4.89 Å². The highest BCUT2D eigenvalue weighted by Gasteiger charge is 2.46. The number of benzene rings is 2. The second kappa shape index (κ2) is 22.0. The van der Waals surface area contributed by atoms with Crippen molar-refractivity contribution in [2.24, 2.45) is 0 Å². The van der Waals surface area contributed by atoms with E-state index in [1.165, 1.54) is 24.3 Å². The van der Waals surface area contributed by atoms with Crippen LogP contribution < -0.4 is 4.90 Å². The van der Waals surface area contributed by atoms with Gasteiger partial charge in [0.15, 0.2) is 12.3 Å². The molecule has 2 aromatic carbocycles. The molecule has 2 aliphatic rings. The molecule has 0 amide bonds. The van der Waals surface area contributed by atoms with Crippen LogP contribution in [-0.2, 0) is 70.6 Å². The Hall–Kier alpha value is -4.31. The summed E-state index contributed by atoms with van der Waals surface area (Å²) in [6, 6.07) is 8.92. The fraction of sp³-hybridized carbons (Fsp3) is 0.488. The number of rotatable bonds is 28. The number of unbranched alkanes of at least 4 members (excludes halogenated alkanes) is 8. The highest BCUT2D eigenvalue weighted by atomic mass is 32.2. The molecule has 19 heteroatoms. The van der Waals surface area contributed by atoms with Gasteiger partial charge >= 0.3 is 5.97 Å². The number of hydrogen-bond acceptors (Lipinski definition) is 13. The van der Waals surface area contributed by atoms with Crippen LogP contribution in [0.25, 0.3) is 0 Å². The first-order valence-electron chi connectivity index (χ1n) is 19.7. The van der Waals surface area contributed by atoms with Gasteiger partial charge in [-0.25, -0.2) is 0 Å². The van der Waals surface area contributed by atoms with E-state index >= 15 is 0 Å². The second-order valence-electron chi connectivity index (χ2n) is 15.3. The Bertz CT molecular complexity index is 2150. The van der Waals surface area contributed by atoms with Crippen LogP contribution in [0.2, 0.25) is 0 Å². The highest BCUT2D eigenvalue weighted by Crippen LogP contribution is 2.51. The van der Waals surface area contributed by atoms with E-state index in [9.17, 15) is 40.6 Å². The maximum Gasteiger partial charge on any atom is 0.303 e. The van der Waals surface area contributed by atoms with Crippen molar-refractivity contribution in [3.05, 3.63) is 84.3 Å². The Morgan fingerprint density at radius 3 is 2.13 bits per heavy atom. The topological polar surface area (TPSA) is 225 Å². The van der Waals surface area contributed by atoms with Crippen LogP contribution in [0.1, 0.15) is 109 Å². The highest BCUT2D eigenvalue weighted by molar-refractivity contribution is 7.86. The fourth-order valence-corrected chi connectivity index (χ4v) is 8.88. The number of carbonyl (C=O) groups excluding carboxylic acids is 1. The average molecular weight is 880 g/mol. The third kappa shape index (κ3) is 12.6. The normalized spacial score (nSPS) is 18.0. The number of hydrogen-bond donors (Lipinski definition) is 3. The maximum absolute atomic E-state index is 12.4. The van der Waals surface area contributed by atoms with E-state index in [1.54, 1.807) is 12.1 Å². The largest absolute Gasteiger partial charge is 0.481 e. The predicted octanol–water partition coefficient (Wildman–Crippen LogP) is 7.56. The molecule has 3 N–H and O–H groups in total. The number of aliphatic carboxylic acids is 1. The lowest BCUT2D eigenvalue weighted by Gasteiger charge is -2.30. The minimum Gasteiger partial charge on any atom is -0.481 e. The van der Waals surface area contributed by atoms with Gasteiger partial charge < -0.3 is 19.7 Å². The minimum absolute atomic E-state index is 0.0443. The summed E-state index contributed by atoms with van der Waals surface area (Å²) < 4.78 is 71.0. The number of nitrogens with zero attached hydrogens (tertiary/aromatic N) is 2. The van der Waals surface area contributed by atoms with Crippen molar-refractivity contribution in [1.82, 2.24) is 0 Å². The van der Waals surface area contributed by atoms with Crippen LogP contribution in [0.3, 0.4) is 0 Å². The van der Waals surface area contributed by atoms with Gasteiger partial charge in [0.2, 0.25) is 5.69 Å². The first-order valence-corrected chi connectivity index (χ1v) is 22.6. The zero-order valence-electron chi connectivity index (χ0n) is 34.1. The second-order valence-corrected chi connectivity index (χ2v) is 18.1. The summed E-state index contributed by atoms with van der Waals surface area (Å²) in [5, 5.41) is 26.2. The molecule has 1 atom stereocenters. The van der Waals surface area contributed by atoms with Gasteiger partial charge in [-0.15, -0.1) is 0 Å². The first-order chi connectivity index (χ1) is 28.5. The number of fused-ring (bicyclic) bond motifs is 2. The average Bonchev–Trinajstić information content (AvgIpc) is 3.54. The molecule has 2 aliphatic heterocycles. The number of aldehydes is 1. The fourth-order valence-electron chi connectivity index (χ4n) is 7.87. The van der Waals surface area contributed by atoms with Crippen LogP contribution in [-0.4, -0.2) is 73.3 Å². The molecule has 60 heavy (non-hydrogen) atoms. The summed E-state index contributed by atoms with van der Waals surface area (Å²) in [5.41, 5.74) is 2.86. The van der Waals surface area contributed by atoms with E-state index in [-0.39, 0.29) is 29.4 Å². The van der Waals surface area contributed by atoms with Crippen molar-refractivity contribution < 1.29 is 75.1 Å². The molecule has 0 aromatic heterocycles. The van der Waals surface area contributed by atoms with E-state index in [0.717, 1.165) is 73.7 Å². The molecule has 2 aromatic rings. The third-order valence-electron chi connectivity index (χ3n) is 10.8. The SMILES string of the molecule is C=COOOOOOCC[N+]1=C(C=CC=C2N(CCCCCC(=O)O)c3ccc(S(=O)(=O)O)cc3C2(C)CCCCCCCCC=O)C(C)(C)c2cc(S(=O)(=O)O)ccc21. The molecule has 0 saturated heterocycles. The summed E-state index contributed by atoms with van der Waals surface area (Å²) in [7, 11) is -9.05. The van der Waals surface area contributed by atoms with Gasteiger partial charge in [0.25, 0.3) is 20.2 Å². The lowest BCUT2D eigenvalue weighted by atomic mass is 9.77. The molecule has 17 nitrogen and oxygen atoms in total. The van der Waals surface area contributed by atoms with Crippen LogP contribution >= 0.6 is 0 Å². The molecule has 1 unspecified atom stereocenters. The van der Waals surface area contributed by atoms with E-state index in [2.05, 4.69) is 43.4 Å². The summed E-state index contributed by atoms with van der Waals surface area (Å²) in [6.07, 6.45) is 16.1. The summed E-state index contributed by atoms with van der Waals surface area (Å²) in [5.74, 6) is -0.871. The Morgan fingerprint density at radius 2 is 1.47 bits per heavy atom. The van der Waals surface area contributed by atoms with Crippen LogP contribution in [0.5, 0.6) is 0 Å². The van der Waals surface area contributed by atoms with Crippen molar-refractivity contribution in [3.8, 4) is 0 Å². The van der Waals surface area contributed by atoms with E-state index < -0.39 is 37.0 Å². The van der Waals surface area contributed by atoms with Crippen molar-refractivity contribution >= 4 is 49.6 Å². The number of carboxylic acid groups (broad SMARTS) is 1. The predicted molar refractivity (Wildman–Crippen MR) is 218 cm³/mol. The molecular weight excluding hydrogens is 825 g/mol. The minimum atomic E-state index is -4.53. The molecule has 0 saturated carbocycles. The maximum atomic E-state index is 12.4. The number of carboxylic acids is 1. The Balaban J connectivity index is 1.75. The zero-order valence-corrected chi connectivity index (χ0v) is 35.7. The van der Waals surface area contributed by atoms with E-state index in [1.807, 2.05) is 36.7 Å². The molecule has 330 valence electrons. The van der Waals surface area contributed by atoms with E-state index in [0.29, 0.717) is 49.9 Å². The Labute approximate surface area is 351 Å². The smallest absolute Gasteiger partial charge is 0.303 e. The number of allylic oxidation sites excluding steroid dienone is 4. The number of carbonyl (C=O) groups is 2. The molecular formula is C41H55N2O15S2+. The molecule has 4 rings (SSSR count). The van der Waals surface area contributed by atoms with Crippen LogP contribution in [0.4, 0.5) is 11.4 Å². The Kier molecular flexibility index (Phi) is 17.7. The first kappa shape index (κ1) is 48.4. The quantitative estimate of drug-likeness (QED) is 0.0143. The molecule has 0 radical (unpaired) electrons. The molecule has 0 bridgehead atoms. The van der Waals surface area contributed by atoms with Crippen molar-refractivity contribution in [2.45, 2.75) is 118 Å². The zero-order chi connectivity index (χ0) is 44.0. The van der Waals surface area contributed by atoms with Crippen molar-refractivity contribution in [2.75, 3.05) is 24.6 Å². The summed E-state index contributed by atoms with van der Waals surface area (Å²) >= 11 is 0. The van der Waals surface area contributed by atoms with Crippen molar-refractivity contribution in [1.29, 1.82) is 0 Å². The van der Waals surface area contributed by atoms with Crippen LogP contribution in [0, 0.1) is 0 Å². The molecule has 2 heterocycles. The molecule has 0 spiro atoms. The van der Waals surface area contributed by atoms with Gasteiger partial charge in [-0.2, -0.15) is 26.3 Å². The molecule has 0 aliphatic carbocycles. The Morgan fingerprint density at radius 1 is 0.833 bits per heavy atom. The van der Waals surface area contributed by atoms with Gasteiger partial charge in [0.05, 0.1) is 15.2 Å². The lowest BCUT2D eigenvalue weighted by Crippen LogP contribution is -2.30.